The highest BCUT2D eigenvalue weighted by atomic mass is 31.2. The fraction of sp³-hybridized carbons (Fsp3) is 1.00. The summed E-state index contributed by atoms with van der Waals surface area (Å²) in [7, 11) is -23.8. The fourth-order valence-electron chi connectivity index (χ4n) is 0. The van der Waals surface area contributed by atoms with E-state index in [0.29, 0.717) is 0 Å². The molecule has 0 rings (SSSR count). The van der Waals surface area contributed by atoms with Gasteiger partial charge in [-0.1, -0.05) is 68.6 Å². The standard InChI is InChI=1S/2CH4.4F3N.6F3P.F2HN.2F2.FH2P.11H3N.14H3P/c;;10*1-4(2)3;1-3-2;3*1-2;;;;;;;;;;;;;;;;;;;;;;;;;/h2*1H4;;;;;;;;;;;3H;;;2H2;25*1H3. The summed E-state index contributed by atoms with van der Waals surface area (Å²) in [5, 5.41) is 0. The fourth-order valence-corrected chi connectivity index (χ4v) is 0. The largest absolute Gasteiger partial charge is 0.456 e. The molecule has 0 aliphatic heterocycles. The lowest BCUT2D eigenvalue weighted by atomic mass is 12.0. The third-order valence-electron chi connectivity index (χ3n) is 0. The summed E-state index contributed by atoms with van der Waals surface area (Å²) in [6.45, 7) is 0. The van der Waals surface area contributed by atoms with Crippen molar-refractivity contribution in [3.63, 3.8) is 0 Å². The van der Waals surface area contributed by atoms with Crippen LogP contribution in [-0.4, -0.2) is 22.3 Å². The highest BCUT2D eigenvalue weighted by molar-refractivity contribution is 7.41. The predicted octanol–water partition coefficient (Wildman–Crippen LogP) is 23.1. The minimum Gasteiger partial charge on any atom is -0.344 e. The molecule has 0 amide bonds. The van der Waals surface area contributed by atoms with Crippen molar-refractivity contribution >= 4 is 201 Å². The second kappa shape index (κ2) is 380. The van der Waals surface area contributed by atoms with Crippen molar-refractivity contribution in [3.05, 3.63) is 0 Å². The van der Waals surface area contributed by atoms with Crippen LogP contribution in [0.2, 0.25) is 0 Å². The average Bonchev–Trinajstić information content (AvgIpc) is 2.79. The minimum atomic E-state index is -4.12. The molecular weight excluding hydrogens is 1600 g/mol. The van der Waals surface area contributed by atoms with E-state index in [9.17, 15) is 142 Å². The van der Waals surface area contributed by atoms with Crippen LogP contribution >= 0.6 is 201 Å². The van der Waals surface area contributed by atoms with Gasteiger partial charge in [0.15, 0.2) is 22.3 Å². The maximum atomic E-state index is 9.73. The second-order valence-corrected chi connectivity index (χ2v) is 4.29. The molecule has 0 saturated heterocycles. The van der Waals surface area contributed by atoms with Crippen molar-refractivity contribution in [2.45, 2.75) is 14.9 Å². The van der Waals surface area contributed by atoms with Gasteiger partial charge in [0.25, 0.3) is 0 Å². The molecule has 0 spiro atoms. The topological polar surface area (TPSA) is 410 Å². The lowest BCUT2D eigenvalue weighted by molar-refractivity contribution is -0.296. The average molecular weight is 1690 g/mol. The third-order valence-corrected chi connectivity index (χ3v) is 0. The van der Waals surface area contributed by atoms with E-state index in [1.54, 1.807) is 0 Å². The predicted molar refractivity (Wildman–Crippen MR) is 327 cm³/mol. The molecule has 0 fully saturated rings. The Labute approximate surface area is 471 Å². The summed E-state index contributed by atoms with van der Waals surface area (Å²) < 4.78 is 349. The summed E-state index contributed by atoms with van der Waals surface area (Å²) in [5.74, 6) is -0.250. The monoisotopic (exact) mass is 1690 g/mol. The van der Waals surface area contributed by atoms with Crippen molar-refractivity contribution in [1.82, 2.24) is 95.7 Å². The van der Waals surface area contributed by atoms with Crippen LogP contribution in [0, 0.1) is 0 Å². The zero-order chi connectivity index (χ0) is 44.5. The van der Waals surface area contributed by atoms with Crippen molar-refractivity contribution in [1.29, 1.82) is 0 Å². The Kier molecular flexibility index (Phi) is 1600. The van der Waals surface area contributed by atoms with Gasteiger partial charge in [0.1, 0.15) is 0 Å². The molecule has 34 N–H and O–H groups in total. The van der Waals surface area contributed by atoms with Gasteiger partial charge in [-0.25, -0.2) is 4.20 Å². The number of nitrogens with one attached hydrogen (secondary N) is 1. The summed E-state index contributed by atoms with van der Waals surface area (Å²) in [6.07, 6.45) is 0. The molecule has 0 aliphatic carbocycles. The first-order valence-corrected chi connectivity index (χ1v) is 12.5. The molecule has 0 bridgehead atoms. The first-order chi connectivity index (χ1) is 21.7. The van der Waals surface area contributed by atoms with Crippen LogP contribution in [0.25, 0.3) is 0 Å². The lowest BCUT2D eigenvalue weighted by Crippen LogP contribution is -1.72. The molecule has 0 radical (unpaired) electrons. The molecule has 76 heavy (non-hydrogen) atoms. The van der Waals surface area contributed by atoms with Gasteiger partial charge in [-0.05, 0) is 0 Å². The van der Waals surface area contributed by atoms with Gasteiger partial charge in [-0.2, -0.15) is 214 Å². The molecule has 0 heterocycles. The Morgan fingerprint density at radius 2 is 0.211 bits per heavy atom. The first kappa shape index (κ1) is 321. The van der Waals surface area contributed by atoms with Crippen LogP contribution in [0.4, 0.5) is 161 Å². The zero-order valence-corrected chi connectivity index (χ0v) is 63.5. The van der Waals surface area contributed by atoms with Gasteiger partial charge in [0.2, 0.25) is 0 Å². The highest BCUT2D eigenvalue weighted by Gasteiger charge is 1.93. The normalized spacial score (nSPS) is 5.21. The Balaban J connectivity index is -0.00000000435. The molecule has 16 nitrogen and oxygen atoms in total. The minimum absolute atomic E-state index is 0. The highest BCUT2D eigenvalue weighted by Crippen LogP contribution is 2.41. The van der Waals surface area contributed by atoms with Crippen LogP contribution in [0.5, 0.6) is 0 Å². The molecular formula is C2H86F37N16P21. The molecule has 15 atom stereocenters. The van der Waals surface area contributed by atoms with E-state index < -0.39 is 75.4 Å². The van der Waals surface area contributed by atoms with E-state index in [2.05, 4.69) is 0 Å². The first-order valence-electron chi connectivity index (χ1n) is 5.95. The Hall–Kier alpha value is 5.80. The van der Waals surface area contributed by atoms with Gasteiger partial charge < -0.3 is 67.7 Å². The van der Waals surface area contributed by atoms with Crippen molar-refractivity contribution in [2.24, 2.45) is 0 Å². The molecule has 0 aliphatic rings. The second-order valence-electron chi connectivity index (χ2n) is 1.99. The van der Waals surface area contributed by atoms with Gasteiger partial charge in [-0.15, -0.1) is 8.96 Å². The van der Waals surface area contributed by atoms with Gasteiger partial charge in [0.05, 0.1) is 9.55 Å². The van der Waals surface area contributed by atoms with Crippen LogP contribution in [0.1, 0.15) is 14.9 Å². The number of halogens is 37. The van der Waals surface area contributed by atoms with E-state index >= 15 is 0 Å². The van der Waals surface area contributed by atoms with Gasteiger partial charge in [-0.3, -0.25) is 0 Å². The van der Waals surface area contributed by atoms with Crippen molar-refractivity contribution < 1.29 is 161 Å². The third kappa shape index (κ3) is 14700. The molecule has 15 unspecified atom stereocenters. The number of hydrogen-bond donors (Lipinski definition) is 12. The molecule has 0 aromatic rings. The maximum absolute atomic E-state index is 9.73. The van der Waals surface area contributed by atoms with E-state index in [-0.39, 0.29) is 227 Å². The zero-order valence-electron chi connectivity index (χ0n) is 37.2. The van der Waals surface area contributed by atoms with Gasteiger partial charge >= 0.3 is 53.1 Å². The smallest absolute Gasteiger partial charge is 0.344 e. The molecule has 538 valence electrons. The van der Waals surface area contributed by atoms with Crippen LogP contribution in [0.3, 0.4) is 0 Å². The Morgan fingerprint density at radius 3 is 0.211 bits per heavy atom. The summed E-state index contributed by atoms with van der Waals surface area (Å²) >= 11 is 0. The summed E-state index contributed by atoms with van der Waals surface area (Å²) in [6, 6.07) is 0. The maximum Gasteiger partial charge on any atom is 0.456 e. The molecule has 74 heteroatoms. The van der Waals surface area contributed by atoms with E-state index in [1.807, 2.05) is 0 Å². The van der Waals surface area contributed by atoms with Crippen LogP contribution in [0.15, 0.2) is 0 Å². The molecule has 0 saturated carbocycles. The SMILES string of the molecule is C.C.FF.FF.FN(F)F.FN(F)F.FN(F)F.FN(F)F.FNF.FP.FP(F)F.FP(F)F.FP(F)F.FP(F)F.FP(F)F.FP(F)F.N.N.N.N.N.N.N.N.N.N.N.P.P.P.P.P.P.P.P.P.P.P.P.P.P. The van der Waals surface area contributed by atoms with E-state index in [4.69, 9.17) is 18.3 Å². The van der Waals surface area contributed by atoms with E-state index in [1.165, 1.54) is 0 Å². The number of nitrogens with zero attached hydrogens (tertiary/aromatic N) is 4. The Bertz CT molecular complexity index is 284. The molecule has 0 aromatic heterocycles. The van der Waals surface area contributed by atoms with Gasteiger partial charge in [0, 0.05) is 24.1 Å². The van der Waals surface area contributed by atoms with Crippen LogP contribution < -0.4 is 73.4 Å². The van der Waals surface area contributed by atoms with Crippen molar-refractivity contribution in [3.8, 4) is 0 Å². The number of rotatable bonds is 0. The Morgan fingerprint density at radius 1 is 0.211 bits per heavy atom. The van der Waals surface area contributed by atoms with Crippen molar-refractivity contribution in [2.75, 3.05) is 0 Å². The quantitative estimate of drug-likeness (QED) is 0.0609. The summed E-state index contributed by atoms with van der Waals surface area (Å²) in [5.41, 5.74) is -10.0. The number of hydrogen-bond acceptors (Lipinski definition) is 16. The lowest BCUT2D eigenvalue weighted by Gasteiger charge is -1.67. The van der Waals surface area contributed by atoms with E-state index in [0.717, 1.165) is 9.55 Å². The molecule has 0 aromatic carbocycles. The van der Waals surface area contributed by atoms with Crippen LogP contribution in [-0.2, 0) is 0 Å². The summed E-state index contributed by atoms with van der Waals surface area (Å²) in [4.78, 5) is 0.